The zero-order valence-electron chi connectivity index (χ0n) is 10.0. The monoisotopic (exact) mass is 269 g/mol. The van der Waals surface area contributed by atoms with Gasteiger partial charge in [-0.05, 0) is 25.0 Å². The Morgan fingerprint density at radius 2 is 2.17 bits per heavy atom. The number of carboxylic acids is 1. The summed E-state index contributed by atoms with van der Waals surface area (Å²) in [6.07, 6.45) is 2.17. The minimum Gasteiger partial charge on any atom is -0.491 e. The minimum absolute atomic E-state index is 0.0799. The standard InChI is InChI=1S/C13H16ClNO3/c14-11-3-1-2-4-12(11)18-8-7-15(9-13(16)17)10-5-6-10/h1-4,10H,5-9H2,(H,16,17). The third-order valence-corrected chi connectivity index (χ3v) is 3.19. The summed E-state index contributed by atoms with van der Waals surface area (Å²) < 4.78 is 5.56. The topological polar surface area (TPSA) is 49.8 Å². The molecular formula is C13H16ClNO3. The Bertz CT molecular complexity index is 420. The molecule has 0 spiro atoms. The van der Waals surface area contributed by atoms with Crippen LogP contribution in [0.3, 0.4) is 0 Å². The van der Waals surface area contributed by atoms with E-state index in [-0.39, 0.29) is 6.54 Å². The molecule has 1 fully saturated rings. The van der Waals surface area contributed by atoms with Gasteiger partial charge in [0.25, 0.3) is 0 Å². The van der Waals surface area contributed by atoms with E-state index in [1.54, 1.807) is 12.1 Å². The van der Waals surface area contributed by atoms with Gasteiger partial charge in [0.05, 0.1) is 11.6 Å². The number of para-hydroxylation sites is 1. The second kappa shape index (κ2) is 6.07. The maximum Gasteiger partial charge on any atom is 0.317 e. The first kappa shape index (κ1) is 13.2. The molecule has 0 aromatic heterocycles. The summed E-state index contributed by atoms with van der Waals surface area (Å²) in [6, 6.07) is 7.69. The van der Waals surface area contributed by atoms with Crippen LogP contribution in [0.15, 0.2) is 24.3 Å². The highest BCUT2D eigenvalue weighted by Gasteiger charge is 2.29. The van der Waals surface area contributed by atoms with Gasteiger partial charge in [-0.1, -0.05) is 23.7 Å². The van der Waals surface area contributed by atoms with Gasteiger partial charge >= 0.3 is 5.97 Å². The van der Waals surface area contributed by atoms with Gasteiger partial charge in [-0.25, -0.2) is 0 Å². The first-order valence-electron chi connectivity index (χ1n) is 6.00. The van der Waals surface area contributed by atoms with E-state index in [4.69, 9.17) is 21.4 Å². The largest absolute Gasteiger partial charge is 0.491 e. The van der Waals surface area contributed by atoms with E-state index in [1.165, 1.54) is 0 Å². The van der Waals surface area contributed by atoms with Crippen LogP contribution in [0.4, 0.5) is 0 Å². The molecule has 5 heteroatoms. The van der Waals surface area contributed by atoms with Crippen LogP contribution in [0.25, 0.3) is 0 Å². The second-order valence-electron chi connectivity index (χ2n) is 4.37. The van der Waals surface area contributed by atoms with Crippen LogP contribution < -0.4 is 4.74 Å². The van der Waals surface area contributed by atoms with Crippen molar-refractivity contribution < 1.29 is 14.6 Å². The minimum atomic E-state index is -0.792. The van der Waals surface area contributed by atoms with E-state index in [0.29, 0.717) is 30.0 Å². The van der Waals surface area contributed by atoms with Crippen molar-refractivity contribution >= 4 is 17.6 Å². The maximum absolute atomic E-state index is 10.7. The molecule has 1 aromatic rings. The average Bonchev–Trinajstić information content (AvgIpc) is 3.14. The lowest BCUT2D eigenvalue weighted by Crippen LogP contribution is -2.35. The molecule has 1 aromatic carbocycles. The summed E-state index contributed by atoms with van der Waals surface area (Å²) in [4.78, 5) is 12.7. The molecule has 4 nitrogen and oxygen atoms in total. The zero-order valence-corrected chi connectivity index (χ0v) is 10.8. The summed E-state index contributed by atoms with van der Waals surface area (Å²) in [5.74, 6) is -0.148. The predicted octanol–water partition coefficient (Wildman–Crippen LogP) is 2.27. The SMILES string of the molecule is O=C(O)CN(CCOc1ccccc1Cl)C1CC1. The van der Waals surface area contributed by atoms with Gasteiger partial charge in [-0.3, -0.25) is 9.69 Å². The van der Waals surface area contributed by atoms with E-state index >= 15 is 0 Å². The first-order valence-corrected chi connectivity index (χ1v) is 6.38. The molecule has 1 saturated carbocycles. The van der Waals surface area contributed by atoms with Crippen molar-refractivity contribution in [3.05, 3.63) is 29.3 Å². The number of ether oxygens (including phenoxy) is 1. The number of hydrogen-bond donors (Lipinski definition) is 1. The number of nitrogens with zero attached hydrogens (tertiary/aromatic N) is 1. The Kier molecular flexibility index (Phi) is 4.44. The molecule has 98 valence electrons. The van der Waals surface area contributed by atoms with Crippen molar-refractivity contribution in [1.82, 2.24) is 4.90 Å². The van der Waals surface area contributed by atoms with Gasteiger partial charge in [0.1, 0.15) is 12.4 Å². The molecule has 1 aliphatic rings. The number of rotatable bonds is 7. The molecular weight excluding hydrogens is 254 g/mol. The number of hydrogen-bond acceptors (Lipinski definition) is 3. The molecule has 0 saturated heterocycles. The molecule has 1 aliphatic carbocycles. The molecule has 0 aliphatic heterocycles. The van der Waals surface area contributed by atoms with Gasteiger partial charge in [0.2, 0.25) is 0 Å². The van der Waals surface area contributed by atoms with Gasteiger partial charge in [-0.15, -0.1) is 0 Å². The van der Waals surface area contributed by atoms with Gasteiger partial charge in [0.15, 0.2) is 0 Å². The Balaban J connectivity index is 1.79. The molecule has 0 bridgehead atoms. The van der Waals surface area contributed by atoms with Crippen LogP contribution in [0.5, 0.6) is 5.75 Å². The highest BCUT2D eigenvalue weighted by Crippen LogP contribution is 2.27. The molecule has 18 heavy (non-hydrogen) atoms. The van der Waals surface area contributed by atoms with Crippen LogP contribution in [0.1, 0.15) is 12.8 Å². The predicted molar refractivity (Wildman–Crippen MR) is 69.2 cm³/mol. The van der Waals surface area contributed by atoms with E-state index in [2.05, 4.69) is 0 Å². The van der Waals surface area contributed by atoms with Gasteiger partial charge in [-0.2, -0.15) is 0 Å². The third kappa shape index (κ3) is 3.89. The highest BCUT2D eigenvalue weighted by atomic mass is 35.5. The summed E-state index contributed by atoms with van der Waals surface area (Å²) >= 11 is 5.97. The van der Waals surface area contributed by atoms with E-state index in [0.717, 1.165) is 12.8 Å². The molecule has 1 N–H and O–H groups in total. The van der Waals surface area contributed by atoms with Crippen molar-refractivity contribution in [2.45, 2.75) is 18.9 Å². The zero-order chi connectivity index (χ0) is 13.0. The number of carboxylic acid groups (broad SMARTS) is 1. The van der Waals surface area contributed by atoms with E-state index in [9.17, 15) is 4.79 Å². The normalized spacial score (nSPS) is 14.8. The quantitative estimate of drug-likeness (QED) is 0.825. The average molecular weight is 270 g/mol. The molecule has 2 rings (SSSR count). The lowest BCUT2D eigenvalue weighted by molar-refractivity contribution is -0.138. The van der Waals surface area contributed by atoms with E-state index in [1.807, 2.05) is 17.0 Å². The Morgan fingerprint density at radius 3 is 2.78 bits per heavy atom. The summed E-state index contributed by atoms with van der Waals surface area (Å²) in [6.45, 7) is 1.15. The van der Waals surface area contributed by atoms with Gasteiger partial charge < -0.3 is 9.84 Å². The molecule has 0 amide bonds. The summed E-state index contributed by atoms with van der Waals surface area (Å²) in [5, 5.41) is 9.39. The molecule has 0 heterocycles. The van der Waals surface area contributed by atoms with Crippen molar-refractivity contribution in [1.29, 1.82) is 0 Å². The first-order chi connectivity index (χ1) is 8.66. The van der Waals surface area contributed by atoms with Crippen molar-refractivity contribution in [3.8, 4) is 5.75 Å². The van der Waals surface area contributed by atoms with Crippen molar-refractivity contribution in [2.75, 3.05) is 19.7 Å². The lowest BCUT2D eigenvalue weighted by Gasteiger charge is -2.19. The van der Waals surface area contributed by atoms with Crippen LogP contribution in [-0.2, 0) is 4.79 Å². The Labute approximate surface area is 111 Å². The highest BCUT2D eigenvalue weighted by molar-refractivity contribution is 6.32. The summed E-state index contributed by atoms with van der Waals surface area (Å²) in [5.41, 5.74) is 0. The smallest absolute Gasteiger partial charge is 0.317 e. The number of halogens is 1. The number of benzene rings is 1. The molecule has 0 unspecified atom stereocenters. The molecule has 0 atom stereocenters. The number of carbonyl (C=O) groups is 1. The van der Waals surface area contributed by atoms with Crippen LogP contribution in [0.2, 0.25) is 5.02 Å². The third-order valence-electron chi connectivity index (χ3n) is 2.87. The van der Waals surface area contributed by atoms with Gasteiger partial charge in [0, 0.05) is 12.6 Å². The van der Waals surface area contributed by atoms with Crippen molar-refractivity contribution in [3.63, 3.8) is 0 Å². The maximum atomic E-state index is 10.7. The fourth-order valence-corrected chi connectivity index (χ4v) is 2.03. The van der Waals surface area contributed by atoms with Crippen LogP contribution in [-0.4, -0.2) is 41.7 Å². The fourth-order valence-electron chi connectivity index (χ4n) is 1.84. The second-order valence-corrected chi connectivity index (χ2v) is 4.78. The van der Waals surface area contributed by atoms with E-state index < -0.39 is 5.97 Å². The number of aliphatic carboxylic acids is 1. The Hall–Kier alpha value is -1.26. The summed E-state index contributed by atoms with van der Waals surface area (Å²) in [7, 11) is 0. The van der Waals surface area contributed by atoms with Crippen LogP contribution >= 0.6 is 11.6 Å². The Morgan fingerprint density at radius 1 is 1.44 bits per heavy atom. The van der Waals surface area contributed by atoms with Crippen molar-refractivity contribution in [2.24, 2.45) is 0 Å². The lowest BCUT2D eigenvalue weighted by atomic mass is 10.3. The van der Waals surface area contributed by atoms with Crippen LogP contribution in [0, 0.1) is 0 Å². The molecule has 0 radical (unpaired) electrons. The fraction of sp³-hybridized carbons (Fsp3) is 0.462.